The van der Waals surface area contributed by atoms with Crippen LogP contribution in [0.3, 0.4) is 0 Å². The van der Waals surface area contributed by atoms with Gasteiger partial charge in [0, 0.05) is 11.7 Å². The highest BCUT2D eigenvalue weighted by Crippen LogP contribution is 2.23. The fourth-order valence-corrected chi connectivity index (χ4v) is 3.06. The normalized spacial score (nSPS) is 13.1. The van der Waals surface area contributed by atoms with E-state index in [0.29, 0.717) is 6.04 Å². The van der Waals surface area contributed by atoms with Gasteiger partial charge in [0.2, 0.25) is 10.0 Å². The van der Waals surface area contributed by atoms with E-state index in [-0.39, 0.29) is 10.6 Å². The van der Waals surface area contributed by atoms with Crippen molar-refractivity contribution in [3.05, 3.63) is 18.2 Å². The summed E-state index contributed by atoms with van der Waals surface area (Å²) in [6.07, 6.45) is 6.06. The number of nitrogens with one attached hydrogen (secondary N) is 2. The van der Waals surface area contributed by atoms with Gasteiger partial charge in [-0.05, 0) is 38.6 Å². The Balaban J connectivity index is 2.64. The van der Waals surface area contributed by atoms with E-state index in [9.17, 15) is 8.42 Å². The van der Waals surface area contributed by atoms with Crippen LogP contribution < -0.4 is 15.8 Å². The molecular formula is C15H27N3O2S. The van der Waals surface area contributed by atoms with Crippen molar-refractivity contribution >= 4 is 21.4 Å². The molecule has 0 aliphatic carbocycles. The van der Waals surface area contributed by atoms with Crippen molar-refractivity contribution in [2.24, 2.45) is 0 Å². The van der Waals surface area contributed by atoms with Gasteiger partial charge in [0.05, 0.1) is 5.69 Å². The van der Waals surface area contributed by atoms with Crippen molar-refractivity contribution in [1.82, 2.24) is 4.72 Å². The summed E-state index contributed by atoms with van der Waals surface area (Å²) in [4.78, 5) is 0.117. The van der Waals surface area contributed by atoms with E-state index in [2.05, 4.69) is 23.9 Å². The second-order valence-corrected chi connectivity index (χ2v) is 7.21. The molecule has 0 radical (unpaired) electrons. The minimum absolute atomic E-state index is 0.117. The molecule has 0 aliphatic heterocycles. The average Bonchev–Trinajstić information content (AvgIpc) is 2.43. The Hall–Kier alpha value is -1.27. The van der Waals surface area contributed by atoms with Gasteiger partial charge >= 0.3 is 0 Å². The Morgan fingerprint density at radius 3 is 2.52 bits per heavy atom. The molecule has 0 fully saturated rings. The number of benzene rings is 1. The Morgan fingerprint density at radius 2 is 1.95 bits per heavy atom. The van der Waals surface area contributed by atoms with E-state index in [4.69, 9.17) is 5.73 Å². The van der Waals surface area contributed by atoms with Gasteiger partial charge in [0.1, 0.15) is 4.90 Å². The first-order valence-corrected chi connectivity index (χ1v) is 8.98. The van der Waals surface area contributed by atoms with Gasteiger partial charge in [-0.15, -0.1) is 0 Å². The summed E-state index contributed by atoms with van der Waals surface area (Å²) in [5.41, 5.74) is 6.95. The highest BCUT2D eigenvalue weighted by molar-refractivity contribution is 7.89. The minimum atomic E-state index is -3.50. The van der Waals surface area contributed by atoms with E-state index >= 15 is 0 Å². The first-order chi connectivity index (χ1) is 9.90. The van der Waals surface area contributed by atoms with Gasteiger partial charge in [-0.2, -0.15) is 0 Å². The molecule has 1 atom stereocenters. The zero-order valence-corrected chi connectivity index (χ0v) is 14.0. The minimum Gasteiger partial charge on any atom is -0.398 e. The molecular weight excluding hydrogens is 286 g/mol. The highest BCUT2D eigenvalue weighted by Gasteiger charge is 2.15. The SMILES string of the molecule is CCCCCCC(C)Nc1ccc(S(=O)(=O)NC)c(N)c1. The molecule has 0 bridgehead atoms. The van der Waals surface area contributed by atoms with Crippen LogP contribution in [0.2, 0.25) is 0 Å². The third-order valence-electron chi connectivity index (χ3n) is 3.47. The molecule has 0 heterocycles. The lowest BCUT2D eigenvalue weighted by Gasteiger charge is -2.16. The summed E-state index contributed by atoms with van der Waals surface area (Å²) in [6, 6.07) is 5.30. The molecule has 21 heavy (non-hydrogen) atoms. The van der Waals surface area contributed by atoms with E-state index in [1.165, 1.54) is 38.8 Å². The molecule has 0 spiro atoms. The van der Waals surface area contributed by atoms with Crippen LogP contribution in [0.1, 0.15) is 46.0 Å². The number of hydrogen-bond donors (Lipinski definition) is 3. The topological polar surface area (TPSA) is 84.2 Å². The quantitative estimate of drug-likeness (QED) is 0.483. The second-order valence-electron chi connectivity index (χ2n) is 5.35. The van der Waals surface area contributed by atoms with Crippen LogP contribution in [-0.2, 0) is 10.0 Å². The van der Waals surface area contributed by atoms with Gasteiger partial charge in [-0.25, -0.2) is 13.1 Å². The van der Waals surface area contributed by atoms with E-state index in [0.717, 1.165) is 12.1 Å². The Kier molecular flexibility index (Phi) is 6.98. The van der Waals surface area contributed by atoms with Crippen LogP contribution in [-0.4, -0.2) is 21.5 Å². The van der Waals surface area contributed by atoms with Crippen LogP contribution in [0.25, 0.3) is 0 Å². The third kappa shape index (κ3) is 5.55. The molecule has 0 aliphatic rings. The molecule has 1 aromatic rings. The smallest absolute Gasteiger partial charge is 0.242 e. The molecule has 1 rings (SSSR count). The van der Waals surface area contributed by atoms with E-state index in [1.54, 1.807) is 12.1 Å². The van der Waals surface area contributed by atoms with Crippen molar-refractivity contribution < 1.29 is 8.42 Å². The average molecular weight is 313 g/mol. The molecule has 0 saturated heterocycles. The number of hydrogen-bond acceptors (Lipinski definition) is 4. The van der Waals surface area contributed by atoms with Crippen molar-refractivity contribution in [2.45, 2.75) is 56.9 Å². The van der Waals surface area contributed by atoms with Gasteiger partial charge in [-0.1, -0.05) is 32.6 Å². The molecule has 0 aromatic heterocycles. The van der Waals surface area contributed by atoms with Gasteiger partial charge < -0.3 is 11.1 Å². The molecule has 5 nitrogen and oxygen atoms in total. The van der Waals surface area contributed by atoms with Gasteiger partial charge in [-0.3, -0.25) is 0 Å². The third-order valence-corrected chi connectivity index (χ3v) is 4.96. The predicted octanol–water partition coefficient (Wildman–Crippen LogP) is 2.95. The van der Waals surface area contributed by atoms with E-state index in [1.807, 2.05) is 0 Å². The molecule has 0 saturated carbocycles. The number of nitrogen functional groups attached to an aromatic ring is 1. The predicted molar refractivity (Wildman–Crippen MR) is 88.9 cm³/mol. The van der Waals surface area contributed by atoms with Crippen molar-refractivity contribution in [3.63, 3.8) is 0 Å². The lowest BCUT2D eigenvalue weighted by Crippen LogP contribution is -2.20. The second kappa shape index (κ2) is 8.24. The standard InChI is InChI=1S/C15H27N3O2S/c1-4-5-6-7-8-12(2)18-13-9-10-15(14(16)11-13)21(19,20)17-3/h9-12,17-18H,4-8,16H2,1-3H3. The Bertz CT molecular complexity index is 544. The summed E-state index contributed by atoms with van der Waals surface area (Å²) < 4.78 is 25.8. The summed E-state index contributed by atoms with van der Waals surface area (Å²) in [5.74, 6) is 0. The van der Waals surface area contributed by atoms with E-state index < -0.39 is 10.0 Å². The van der Waals surface area contributed by atoms with Crippen molar-refractivity contribution in [3.8, 4) is 0 Å². The van der Waals surface area contributed by atoms with Crippen LogP contribution >= 0.6 is 0 Å². The van der Waals surface area contributed by atoms with Crippen LogP contribution in [0.5, 0.6) is 0 Å². The molecule has 1 unspecified atom stereocenters. The summed E-state index contributed by atoms with van der Waals surface area (Å²) >= 11 is 0. The summed E-state index contributed by atoms with van der Waals surface area (Å²) in [7, 11) is -2.12. The molecule has 1 aromatic carbocycles. The Morgan fingerprint density at radius 1 is 1.24 bits per heavy atom. The molecule has 0 amide bonds. The fraction of sp³-hybridized carbons (Fsp3) is 0.600. The number of unbranched alkanes of at least 4 members (excludes halogenated alkanes) is 3. The lowest BCUT2D eigenvalue weighted by atomic mass is 10.1. The van der Waals surface area contributed by atoms with Crippen LogP contribution in [0.4, 0.5) is 11.4 Å². The number of rotatable bonds is 9. The van der Waals surface area contributed by atoms with Crippen molar-refractivity contribution in [1.29, 1.82) is 0 Å². The summed E-state index contributed by atoms with van der Waals surface area (Å²) in [5, 5.41) is 3.36. The zero-order chi connectivity index (χ0) is 15.9. The molecule has 120 valence electrons. The van der Waals surface area contributed by atoms with Gasteiger partial charge in [0.25, 0.3) is 0 Å². The molecule has 4 N–H and O–H groups in total. The van der Waals surface area contributed by atoms with Crippen LogP contribution in [0.15, 0.2) is 23.1 Å². The first-order valence-electron chi connectivity index (χ1n) is 7.50. The van der Waals surface area contributed by atoms with Gasteiger partial charge in [0.15, 0.2) is 0 Å². The highest BCUT2D eigenvalue weighted by atomic mass is 32.2. The maximum atomic E-state index is 11.7. The maximum absolute atomic E-state index is 11.7. The number of anilines is 2. The monoisotopic (exact) mass is 313 g/mol. The van der Waals surface area contributed by atoms with Crippen LogP contribution in [0, 0.1) is 0 Å². The first kappa shape index (κ1) is 17.8. The van der Waals surface area contributed by atoms with Crippen molar-refractivity contribution in [2.75, 3.05) is 18.1 Å². The zero-order valence-electron chi connectivity index (χ0n) is 13.1. The Labute approximate surface area is 128 Å². The number of sulfonamides is 1. The molecule has 6 heteroatoms. The fourth-order valence-electron chi connectivity index (χ4n) is 2.23. The lowest BCUT2D eigenvalue weighted by molar-refractivity contribution is 0.588. The maximum Gasteiger partial charge on any atom is 0.242 e. The largest absolute Gasteiger partial charge is 0.398 e. The summed E-state index contributed by atoms with van der Waals surface area (Å²) in [6.45, 7) is 4.33. The number of nitrogens with two attached hydrogens (primary N) is 1.